The molecule has 6 nitrogen and oxygen atoms in total. The summed E-state index contributed by atoms with van der Waals surface area (Å²) >= 11 is 0. The van der Waals surface area contributed by atoms with E-state index in [1.54, 1.807) is 19.5 Å². The number of pyridine rings is 1. The maximum atomic E-state index is 13.5. The van der Waals surface area contributed by atoms with Crippen molar-refractivity contribution in [1.82, 2.24) is 4.98 Å². The summed E-state index contributed by atoms with van der Waals surface area (Å²) in [6, 6.07) is 11.3. The third-order valence-corrected chi connectivity index (χ3v) is 6.27. The van der Waals surface area contributed by atoms with Gasteiger partial charge in [-0.3, -0.25) is 9.78 Å². The molecule has 4 unspecified atom stereocenters. The molecule has 3 aliphatic rings. The summed E-state index contributed by atoms with van der Waals surface area (Å²) in [7, 11) is 1.60. The van der Waals surface area contributed by atoms with Crippen molar-refractivity contribution in [2.45, 2.75) is 24.9 Å². The number of anilines is 1. The number of nitrogens with zero attached hydrogens (tertiary/aromatic N) is 2. The Balaban J connectivity index is 1.50. The molecule has 1 aromatic carbocycles. The number of carbonyl (C=O) groups excluding carboxylic acids is 1. The summed E-state index contributed by atoms with van der Waals surface area (Å²) in [5, 5.41) is 7.44. The lowest BCUT2D eigenvalue weighted by molar-refractivity contribution is -0.149. The first-order valence-electron chi connectivity index (χ1n) is 9.35. The fraction of sp³-hybridized carbons (Fsp3) is 0.381. The van der Waals surface area contributed by atoms with Crippen LogP contribution in [0.5, 0.6) is 5.75 Å². The Hall–Kier alpha value is -2.89. The molecule has 1 aromatic heterocycles. The zero-order chi connectivity index (χ0) is 18.4. The predicted octanol–water partition coefficient (Wildman–Crippen LogP) is 3.25. The number of fused-ring (bicyclic) bond motifs is 5. The largest absolute Gasteiger partial charge is 0.495 e. The highest BCUT2D eigenvalue weighted by molar-refractivity contribution is 6.10. The molecular formula is C21H21N3O3. The fourth-order valence-electron chi connectivity index (χ4n) is 5.13. The van der Waals surface area contributed by atoms with Crippen molar-refractivity contribution < 1.29 is 14.4 Å². The highest BCUT2D eigenvalue weighted by Gasteiger charge is 2.69. The molecule has 2 aliphatic carbocycles. The molecule has 2 aromatic rings. The number of oxime groups is 1. The summed E-state index contributed by atoms with van der Waals surface area (Å²) in [6.07, 6.45) is 6.64. The van der Waals surface area contributed by atoms with Gasteiger partial charge in [0.15, 0.2) is 0 Å². The Morgan fingerprint density at radius 2 is 2.15 bits per heavy atom. The van der Waals surface area contributed by atoms with Crippen LogP contribution in [0.1, 0.15) is 24.8 Å². The lowest BCUT2D eigenvalue weighted by atomic mass is 9.71. The fourth-order valence-corrected chi connectivity index (χ4v) is 5.13. The first-order valence-corrected chi connectivity index (χ1v) is 9.35. The van der Waals surface area contributed by atoms with Crippen molar-refractivity contribution in [3.05, 3.63) is 54.4 Å². The Morgan fingerprint density at radius 3 is 2.96 bits per heavy atom. The minimum atomic E-state index is -0.936. The van der Waals surface area contributed by atoms with E-state index in [0.717, 1.165) is 30.5 Å². The molecule has 0 spiro atoms. The molecule has 1 amide bonds. The number of aromatic nitrogens is 1. The number of hydrogen-bond donors (Lipinski definition) is 1. The second kappa shape index (κ2) is 6.08. The number of amides is 1. The molecule has 27 heavy (non-hydrogen) atoms. The third-order valence-electron chi connectivity index (χ3n) is 6.27. The van der Waals surface area contributed by atoms with Gasteiger partial charge < -0.3 is 14.9 Å². The molecule has 1 N–H and O–H groups in total. The van der Waals surface area contributed by atoms with Gasteiger partial charge in [0.1, 0.15) is 5.75 Å². The number of para-hydroxylation sites is 2. The molecule has 0 radical (unpaired) electrons. The minimum absolute atomic E-state index is 0.0323. The number of ether oxygens (including phenoxy) is 1. The van der Waals surface area contributed by atoms with Crippen molar-refractivity contribution in [1.29, 1.82) is 0 Å². The smallest absolute Gasteiger partial charge is 0.272 e. The summed E-state index contributed by atoms with van der Waals surface area (Å²) in [4.78, 5) is 23.7. The van der Waals surface area contributed by atoms with Gasteiger partial charge in [-0.1, -0.05) is 17.3 Å². The van der Waals surface area contributed by atoms with E-state index < -0.39 is 5.60 Å². The van der Waals surface area contributed by atoms with Gasteiger partial charge in [-0.25, -0.2) is 0 Å². The second-order valence-electron chi connectivity index (χ2n) is 7.50. The summed E-state index contributed by atoms with van der Waals surface area (Å²) in [5.74, 6) is 1.07. The van der Waals surface area contributed by atoms with E-state index in [-0.39, 0.29) is 17.7 Å². The van der Waals surface area contributed by atoms with Crippen LogP contribution in [0.25, 0.3) is 0 Å². The molecule has 2 fully saturated rings. The van der Waals surface area contributed by atoms with Gasteiger partial charge in [-0.05, 0) is 49.4 Å². The predicted molar refractivity (Wildman–Crippen MR) is 101 cm³/mol. The lowest BCUT2D eigenvalue weighted by Crippen LogP contribution is -2.53. The van der Waals surface area contributed by atoms with Crippen LogP contribution in [0.15, 0.2) is 53.9 Å². The van der Waals surface area contributed by atoms with E-state index in [9.17, 15) is 4.79 Å². The molecule has 0 saturated heterocycles. The number of benzene rings is 1. The normalized spacial score (nSPS) is 30.4. The molecule has 2 bridgehead atoms. The van der Waals surface area contributed by atoms with Crippen molar-refractivity contribution in [2.24, 2.45) is 22.9 Å². The van der Waals surface area contributed by atoms with E-state index in [4.69, 9.17) is 9.57 Å². The van der Waals surface area contributed by atoms with E-state index in [0.29, 0.717) is 17.4 Å². The zero-order valence-electron chi connectivity index (χ0n) is 15.1. The monoisotopic (exact) mass is 363 g/mol. The van der Waals surface area contributed by atoms with Gasteiger partial charge in [-0.2, -0.15) is 0 Å². The van der Waals surface area contributed by atoms with Crippen molar-refractivity contribution in [3.63, 3.8) is 0 Å². The minimum Gasteiger partial charge on any atom is -0.495 e. The van der Waals surface area contributed by atoms with Gasteiger partial charge in [0.25, 0.3) is 5.91 Å². The van der Waals surface area contributed by atoms with E-state index in [1.807, 2.05) is 36.4 Å². The van der Waals surface area contributed by atoms with Crippen LogP contribution in [0.2, 0.25) is 0 Å². The van der Waals surface area contributed by atoms with Gasteiger partial charge in [0.2, 0.25) is 5.60 Å². The quantitative estimate of drug-likeness (QED) is 0.905. The van der Waals surface area contributed by atoms with E-state index in [2.05, 4.69) is 15.5 Å². The summed E-state index contributed by atoms with van der Waals surface area (Å²) in [5.41, 5.74) is 1.50. The zero-order valence-corrected chi connectivity index (χ0v) is 15.1. The van der Waals surface area contributed by atoms with Crippen molar-refractivity contribution in [3.8, 4) is 5.75 Å². The maximum absolute atomic E-state index is 13.5. The Labute approximate surface area is 157 Å². The highest BCUT2D eigenvalue weighted by Crippen LogP contribution is 2.60. The van der Waals surface area contributed by atoms with Crippen molar-refractivity contribution in [2.75, 3.05) is 12.4 Å². The average molecular weight is 363 g/mol. The standard InChI is InChI=1S/C21H21N3O3/c1-26-17-7-3-2-6-16(17)23-20(25)21-15-9-8-13(11-15)18(21)19(24-27-21)14-5-4-10-22-12-14/h2-7,10,12-13,15,18H,8-9,11H2,1H3,(H,23,25). The number of rotatable bonds is 4. The number of hydrogen-bond acceptors (Lipinski definition) is 5. The molecule has 138 valence electrons. The molecule has 1 aliphatic heterocycles. The number of carbonyl (C=O) groups is 1. The van der Waals surface area contributed by atoms with Gasteiger partial charge in [0.05, 0.1) is 24.4 Å². The van der Waals surface area contributed by atoms with Crippen LogP contribution in [0, 0.1) is 17.8 Å². The topological polar surface area (TPSA) is 72.8 Å². The first-order chi connectivity index (χ1) is 13.2. The number of methoxy groups -OCH3 is 1. The number of nitrogens with one attached hydrogen (secondary N) is 1. The third kappa shape index (κ3) is 2.29. The molecular weight excluding hydrogens is 342 g/mol. The summed E-state index contributed by atoms with van der Waals surface area (Å²) < 4.78 is 5.38. The van der Waals surface area contributed by atoms with Crippen LogP contribution in [0.3, 0.4) is 0 Å². The van der Waals surface area contributed by atoms with Crippen LogP contribution < -0.4 is 10.1 Å². The molecule has 5 rings (SSSR count). The first kappa shape index (κ1) is 16.3. The van der Waals surface area contributed by atoms with Gasteiger partial charge in [0, 0.05) is 23.9 Å². The maximum Gasteiger partial charge on any atom is 0.272 e. The average Bonchev–Trinajstić information content (AvgIpc) is 3.41. The van der Waals surface area contributed by atoms with Crippen LogP contribution in [-0.4, -0.2) is 29.3 Å². The Bertz CT molecular complexity index is 914. The van der Waals surface area contributed by atoms with Crippen molar-refractivity contribution >= 4 is 17.3 Å². The molecule has 6 heteroatoms. The molecule has 2 saturated carbocycles. The van der Waals surface area contributed by atoms with E-state index >= 15 is 0 Å². The summed E-state index contributed by atoms with van der Waals surface area (Å²) in [6.45, 7) is 0. The van der Waals surface area contributed by atoms with Crippen LogP contribution in [-0.2, 0) is 9.63 Å². The van der Waals surface area contributed by atoms with Gasteiger partial charge in [-0.15, -0.1) is 0 Å². The molecule has 4 atom stereocenters. The SMILES string of the molecule is COc1ccccc1NC(=O)C12ON=C(c3cccnc3)C1C1CCC2C1. The van der Waals surface area contributed by atoms with Crippen LogP contribution in [0.4, 0.5) is 5.69 Å². The Morgan fingerprint density at radius 1 is 1.26 bits per heavy atom. The lowest BCUT2D eigenvalue weighted by Gasteiger charge is -2.35. The van der Waals surface area contributed by atoms with Gasteiger partial charge >= 0.3 is 0 Å². The second-order valence-corrected chi connectivity index (χ2v) is 7.50. The highest BCUT2D eigenvalue weighted by atomic mass is 16.7. The molecule has 2 heterocycles. The van der Waals surface area contributed by atoms with Crippen LogP contribution >= 0.6 is 0 Å². The van der Waals surface area contributed by atoms with E-state index in [1.165, 1.54) is 0 Å². The Kier molecular flexibility index (Phi) is 3.67.